The van der Waals surface area contributed by atoms with E-state index in [4.69, 9.17) is 23.8 Å². The van der Waals surface area contributed by atoms with Crippen molar-refractivity contribution in [2.45, 2.75) is 6.18 Å². The second-order valence-electron chi connectivity index (χ2n) is 4.47. The molecule has 1 aromatic heterocycles. The number of hydrogen-bond donors (Lipinski definition) is 1. The third-order valence-corrected chi connectivity index (χ3v) is 3.63. The monoisotopic (exact) mass is 328 g/mol. The van der Waals surface area contributed by atoms with Gasteiger partial charge in [0.25, 0.3) is 0 Å². The minimum Gasteiger partial charge on any atom is -0.330 e. The molecule has 0 saturated heterocycles. The molecule has 0 saturated carbocycles. The highest BCUT2D eigenvalue weighted by Gasteiger charge is 2.30. The number of aromatic nitrogens is 2. The van der Waals surface area contributed by atoms with Gasteiger partial charge in [-0.05, 0) is 54.7 Å². The van der Waals surface area contributed by atoms with Crippen LogP contribution in [-0.2, 0) is 6.18 Å². The molecule has 108 valence electrons. The Hall–Kier alpha value is -1.79. The second-order valence-corrected chi connectivity index (χ2v) is 5.29. The van der Waals surface area contributed by atoms with Crippen LogP contribution >= 0.6 is 23.8 Å². The molecule has 3 rings (SSSR count). The first-order chi connectivity index (χ1) is 9.86. The van der Waals surface area contributed by atoms with Crippen molar-refractivity contribution < 1.29 is 13.2 Å². The van der Waals surface area contributed by atoms with Gasteiger partial charge >= 0.3 is 6.18 Å². The first kappa shape index (κ1) is 14.2. The number of halogens is 4. The van der Waals surface area contributed by atoms with Gasteiger partial charge in [0, 0.05) is 10.7 Å². The number of fused-ring (bicyclic) bond motifs is 1. The lowest BCUT2D eigenvalue weighted by Crippen LogP contribution is -2.04. The Morgan fingerprint density at radius 1 is 1.05 bits per heavy atom. The zero-order chi connectivity index (χ0) is 15.2. The molecule has 2 aromatic carbocycles. The summed E-state index contributed by atoms with van der Waals surface area (Å²) < 4.78 is 40.2. The fourth-order valence-corrected chi connectivity index (χ4v) is 2.57. The first-order valence-electron chi connectivity index (χ1n) is 5.94. The molecular formula is C14H8ClF3N2S. The van der Waals surface area contributed by atoms with Gasteiger partial charge in [0.15, 0.2) is 4.77 Å². The topological polar surface area (TPSA) is 20.7 Å². The van der Waals surface area contributed by atoms with Crippen LogP contribution < -0.4 is 0 Å². The Balaban J connectivity index is 2.23. The molecule has 0 amide bonds. The van der Waals surface area contributed by atoms with Crippen LogP contribution in [0.3, 0.4) is 0 Å². The molecule has 0 fully saturated rings. The molecule has 3 aromatic rings. The van der Waals surface area contributed by atoms with Crippen LogP contribution in [0, 0.1) is 4.77 Å². The predicted octanol–water partition coefficient (Wildman–Crippen LogP) is 5.36. The van der Waals surface area contributed by atoms with E-state index < -0.39 is 11.7 Å². The van der Waals surface area contributed by atoms with Gasteiger partial charge in [-0.25, -0.2) is 0 Å². The lowest BCUT2D eigenvalue weighted by Gasteiger charge is -2.07. The van der Waals surface area contributed by atoms with Gasteiger partial charge in [0.2, 0.25) is 0 Å². The van der Waals surface area contributed by atoms with Crippen molar-refractivity contribution in [3.8, 4) is 5.69 Å². The maximum Gasteiger partial charge on any atom is 0.416 e. The molecule has 1 N–H and O–H groups in total. The van der Waals surface area contributed by atoms with Gasteiger partial charge < -0.3 is 4.98 Å². The summed E-state index contributed by atoms with van der Waals surface area (Å²) in [5, 5.41) is 0.574. The van der Waals surface area contributed by atoms with Crippen LogP contribution in [0.4, 0.5) is 13.2 Å². The molecule has 0 bridgehead atoms. The number of benzene rings is 2. The van der Waals surface area contributed by atoms with E-state index in [0.29, 0.717) is 20.8 Å². The van der Waals surface area contributed by atoms with Crippen molar-refractivity contribution in [1.82, 2.24) is 9.55 Å². The Morgan fingerprint density at radius 3 is 2.33 bits per heavy atom. The summed E-state index contributed by atoms with van der Waals surface area (Å²) in [6, 6.07) is 10.4. The number of imidazole rings is 1. The van der Waals surface area contributed by atoms with Gasteiger partial charge in [-0.15, -0.1) is 0 Å². The van der Waals surface area contributed by atoms with E-state index in [-0.39, 0.29) is 0 Å². The van der Waals surface area contributed by atoms with Crippen LogP contribution in [-0.4, -0.2) is 9.55 Å². The van der Waals surface area contributed by atoms with E-state index >= 15 is 0 Å². The predicted molar refractivity (Wildman–Crippen MR) is 78.5 cm³/mol. The molecule has 0 radical (unpaired) electrons. The number of H-pyrrole nitrogens is 1. The summed E-state index contributed by atoms with van der Waals surface area (Å²) in [7, 11) is 0. The molecule has 0 unspecified atom stereocenters. The molecule has 21 heavy (non-hydrogen) atoms. The summed E-state index contributed by atoms with van der Waals surface area (Å²) in [5.74, 6) is 0. The van der Waals surface area contributed by atoms with Gasteiger partial charge in [-0.1, -0.05) is 11.6 Å². The van der Waals surface area contributed by atoms with Crippen LogP contribution in [0.2, 0.25) is 5.02 Å². The number of hydrogen-bond acceptors (Lipinski definition) is 1. The Kier molecular flexibility index (Phi) is 3.30. The quantitative estimate of drug-likeness (QED) is 0.596. The minimum absolute atomic E-state index is 0.326. The van der Waals surface area contributed by atoms with E-state index in [0.717, 1.165) is 17.8 Å². The highest BCUT2D eigenvalue weighted by Crippen LogP contribution is 2.32. The van der Waals surface area contributed by atoms with Crippen molar-refractivity contribution in [3.63, 3.8) is 0 Å². The van der Waals surface area contributed by atoms with Crippen molar-refractivity contribution in [1.29, 1.82) is 0 Å². The third-order valence-electron chi connectivity index (χ3n) is 3.09. The molecule has 0 aliphatic heterocycles. The SMILES string of the molecule is FC(F)(F)c1ccc2c(c1)[nH]c(=S)n2-c1ccc(Cl)cc1. The number of nitrogens with zero attached hydrogens (tertiary/aromatic N) is 1. The van der Waals surface area contributed by atoms with E-state index in [1.54, 1.807) is 28.8 Å². The van der Waals surface area contributed by atoms with Gasteiger partial charge in [0.1, 0.15) is 0 Å². The van der Waals surface area contributed by atoms with Crippen molar-refractivity contribution in [3.05, 3.63) is 57.8 Å². The van der Waals surface area contributed by atoms with Crippen molar-refractivity contribution in [2.24, 2.45) is 0 Å². The maximum atomic E-state index is 12.7. The van der Waals surface area contributed by atoms with Gasteiger partial charge in [-0.2, -0.15) is 13.2 Å². The lowest BCUT2D eigenvalue weighted by atomic mass is 10.2. The molecule has 2 nitrogen and oxygen atoms in total. The average Bonchev–Trinajstić information content (AvgIpc) is 2.74. The summed E-state index contributed by atoms with van der Waals surface area (Å²) in [6.45, 7) is 0. The summed E-state index contributed by atoms with van der Waals surface area (Å²) in [6.07, 6.45) is -4.38. The molecule has 0 spiro atoms. The van der Waals surface area contributed by atoms with Crippen molar-refractivity contribution in [2.75, 3.05) is 0 Å². The van der Waals surface area contributed by atoms with E-state index in [2.05, 4.69) is 4.98 Å². The number of aromatic amines is 1. The summed E-state index contributed by atoms with van der Waals surface area (Å²) >= 11 is 11.0. The highest BCUT2D eigenvalue weighted by atomic mass is 35.5. The maximum absolute atomic E-state index is 12.7. The van der Waals surface area contributed by atoms with Crippen molar-refractivity contribution >= 4 is 34.9 Å². The Bertz CT molecular complexity index is 863. The molecule has 0 aliphatic carbocycles. The van der Waals surface area contributed by atoms with Crippen LogP contribution in [0.15, 0.2) is 42.5 Å². The molecule has 7 heteroatoms. The second kappa shape index (κ2) is 4.89. The first-order valence-corrected chi connectivity index (χ1v) is 6.73. The fraction of sp³-hybridized carbons (Fsp3) is 0.0714. The zero-order valence-corrected chi connectivity index (χ0v) is 12.0. The van der Waals surface area contributed by atoms with Gasteiger partial charge in [0.05, 0.1) is 16.6 Å². The normalized spacial score (nSPS) is 12.0. The lowest BCUT2D eigenvalue weighted by molar-refractivity contribution is -0.137. The standard InChI is InChI=1S/C14H8ClF3N2S/c15-9-2-4-10(5-3-9)20-12-6-1-8(14(16,17)18)7-11(12)19-13(20)21/h1-7H,(H,19,21). The fourth-order valence-electron chi connectivity index (χ4n) is 2.13. The summed E-state index contributed by atoms with van der Waals surface area (Å²) in [4.78, 5) is 2.80. The van der Waals surface area contributed by atoms with Crippen LogP contribution in [0.25, 0.3) is 16.7 Å². The van der Waals surface area contributed by atoms with E-state index in [1.165, 1.54) is 6.07 Å². The Labute approximate surface area is 127 Å². The third kappa shape index (κ3) is 2.56. The minimum atomic E-state index is -4.38. The zero-order valence-electron chi connectivity index (χ0n) is 10.4. The Morgan fingerprint density at radius 2 is 1.71 bits per heavy atom. The number of alkyl halides is 3. The number of rotatable bonds is 1. The number of nitrogens with one attached hydrogen (secondary N) is 1. The van der Waals surface area contributed by atoms with E-state index in [9.17, 15) is 13.2 Å². The van der Waals surface area contributed by atoms with E-state index in [1.807, 2.05) is 0 Å². The average molecular weight is 329 g/mol. The molecular weight excluding hydrogens is 321 g/mol. The largest absolute Gasteiger partial charge is 0.416 e. The molecule has 1 heterocycles. The van der Waals surface area contributed by atoms with Crippen LogP contribution in [0.1, 0.15) is 5.56 Å². The highest BCUT2D eigenvalue weighted by molar-refractivity contribution is 7.71. The molecule has 0 atom stereocenters. The van der Waals surface area contributed by atoms with Gasteiger partial charge in [-0.3, -0.25) is 4.57 Å². The summed E-state index contributed by atoms with van der Waals surface area (Å²) in [5.41, 5.74) is 0.935. The smallest absolute Gasteiger partial charge is 0.330 e. The van der Waals surface area contributed by atoms with Crippen LogP contribution in [0.5, 0.6) is 0 Å². The molecule has 0 aliphatic rings.